The third-order valence-corrected chi connectivity index (χ3v) is 4.77. The van der Waals surface area contributed by atoms with Crippen LogP contribution in [0.1, 0.15) is 15.3 Å². The fraction of sp³-hybridized carbons (Fsp3) is 0.0909. The molecular formula is C11H6BrClF2S. The highest BCUT2D eigenvalue weighted by Gasteiger charge is 2.16. The number of hydrogen-bond donors (Lipinski definition) is 0. The highest BCUT2D eigenvalue weighted by molar-refractivity contribution is 9.09. The van der Waals surface area contributed by atoms with E-state index in [0.717, 1.165) is 10.9 Å². The van der Waals surface area contributed by atoms with Gasteiger partial charge >= 0.3 is 0 Å². The molecule has 0 aliphatic carbocycles. The Bertz CT molecular complexity index is 492. The van der Waals surface area contributed by atoms with Crippen LogP contribution >= 0.6 is 38.9 Å². The molecule has 0 saturated carbocycles. The average molecular weight is 324 g/mol. The molecule has 1 heterocycles. The third-order valence-electron chi connectivity index (χ3n) is 2.05. The van der Waals surface area contributed by atoms with Gasteiger partial charge in [0.05, 0.1) is 9.85 Å². The molecule has 0 aliphatic rings. The fourth-order valence-corrected chi connectivity index (χ4v) is 3.49. The van der Waals surface area contributed by atoms with Crippen LogP contribution in [0, 0.1) is 11.6 Å². The molecule has 1 aromatic carbocycles. The number of halogens is 4. The predicted octanol–water partition coefficient (Wildman–Crippen LogP) is 5.16. The average Bonchev–Trinajstić information content (AvgIpc) is 2.62. The first-order chi connectivity index (χ1) is 7.58. The summed E-state index contributed by atoms with van der Waals surface area (Å²) in [5, 5.41) is 2.43. The Labute approximate surface area is 109 Å². The van der Waals surface area contributed by atoms with Crippen molar-refractivity contribution in [2.24, 2.45) is 0 Å². The largest absolute Gasteiger partial charge is 0.207 e. The van der Waals surface area contributed by atoms with Crippen molar-refractivity contribution < 1.29 is 8.78 Å². The van der Waals surface area contributed by atoms with Gasteiger partial charge in [-0.05, 0) is 29.1 Å². The lowest BCUT2D eigenvalue weighted by Crippen LogP contribution is -1.93. The summed E-state index contributed by atoms with van der Waals surface area (Å²) in [5.74, 6) is -1.18. The van der Waals surface area contributed by atoms with Crippen molar-refractivity contribution in [1.82, 2.24) is 0 Å². The van der Waals surface area contributed by atoms with Crippen molar-refractivity contribution >= 4 is 38.9 Å². The second-order valence-corrected chi connectivity index (χ2v) is 5.47. The summed E-state index contributed by atoms with van der Waals surface area (Å²) in [6.45, 7) is 0. The van der Waals surface area contributed by atoms with Gasteiger partial charge in [-0.2, -0.15) is 0 Å². The number of hydrogen-bond acceptors (Lipinski definition) is 1. The minimum Gasteiger partial charge on any atom is -0.207 e. The van der Waals surface area contributed by atoms with Crippen molar-refractivity contribution in [3.8, 4) is 0 Å². The molecular weight excluding hydrogens is 318 g/mol. The van der Waals surface area contributed by atoms with Gasteiger partial charge in [-0.3, -0.25) is 0 Å². The van der Waals surface area contributed by atoms with E-state index in [1.54, 1.807) is 6.07 Å². The van der Waals surface area contributed by atoms with E-state index in [4.69, 9.17) is 11.6 Å². The smallest absolute Gasteiger partial charge is 0.126 e. The molecule has 0 amide bonds. The van der Waals surface area contributed by atoms with Gasteiger partial charge in [-0.25, -0.2) is 8.78 Å². The summed E-state index contributed by atoms with van der Waals surface area (Å²) in [6, 6.07) is 5.18. The summed E-state index contributed by atoms with van der Waals surface area (Å²) >= 11 is 10.8. The van der Waals surface area contributed by atoms with Crippen molar-refractivity contribution in [3.63, 3.8) is 0 Å². The molecule has 0 aliphatic heterocycles. The molecule has 0 spiro atoms. The molecule has 2 aromatic rings. The topological polar surface area (TPSA) is 0 Å². The minimum atomic E-state index is -0.591. The molecule has 1 aromatic heterocycles. The Kier molecular flexibility index (Phi) is 3.62. The van der Waals surface area contributed by atoms with Crippen LogP contribution in [0.3, 0.4) is 0 Å². The van der Waals surface area contributed by atoms with E-state index in [-0.39, 0.29) is 4.83 Å². The number of rotatable bonds is 2. The summed E-state index contributed by atoms with van der Waals surface area (Å²) in [4.78, 5) is 0.553. The van der Waals surface area contributed by atoms with E-state index < -0.39 is 11.6 Å². The first-order valence-electron chi connectivity index (χ1n) is 4.41. The zero-order chi connectivity index (χ0) is 11.7. The number of alkyl halides is 1. The summed E-state index contributed by atoms with van der Waals surface area (Å²) < 4.78 is 26.1. The monoisotopic (exact) mass is 322 g/mol. The lowest BCUT2D eigenvalue weighted by Gasteiger charge is -2.09. The van der Waals surface area contributed by atoms with Crippen molar-refractivity contribution in [2.75, 3.05) is 0 Å². The first kappa shape index (κ1) is 12.0. The van der Waals surface area contributed by atoms with Gasteiger partial charge in [0.15, 0.2) is 0 Å². The van der Waals surface area contributed by atoms with E-state index in [1.807, 2.05) is 5.38 Å². The van der Waals surface area contributed by atoms with Crippen LogP contribution in [-0.2, 0) is 0 Å². The number of benzene rings is 1. The van der Waals surface area contributed by atoms with Crippen LogP contribution in [0.5, 0.6) is 0 Å². The van der Waals surface area contributed by atoms with E-state index in [9.17, 15) is 8.78 Å². The Hall–Kier alpha value is -0.450. The highest BCUT2D eigenvalue weighted by atomic mass is 79.9. The fourth-order valence-electron chi connectivity index (χ4n) is 1.36. The maximum atomic E-state index is 13.0. The third kappa shape index (κ3) is 2.44. The molecule has 16 heavy (non-hydrogen) atoms. The highest BCUT2D eigenvalue weighted by Crippen LogP contribution is 2.38. The normalized spacial score (nSPS) is 12.8. The van der Waals surface area contributed by atoms with Gasteiger partial charge in [-0.1, -0.05) is 27.5 Å². The minimum absolute atomic E-state index is 0.287. The maximum Gasteiger partial charge on any atom is 0.126 e. The van der Waals surface area contributed by atoms with E-state index in [1.165, 1.54) is 23.5 Å². The second kappa shape index (κ2) is 4.82. The molecule has 1 unspecified atom stereocenters. The van der Waals surface area contributed by atoms with Crippen LogP contribution in [0.4, 0.5) is 8.78 Å². The molecule has 0 saturated heterocycles. The van der Waals surface area contributed by atoms with Crippen LogP contribution in [0.15, 0.2) is 29.6 Å². The second-order valence-electron chi connectivity index (χ2n) is 3.20. The van der Waals surface area contributed by atoms with Crippen LogP contribution in [-0.4, -0.2) is 0 Å². The van der Waals surface area contributed by atoms with Crippen LogP contribution < -0.4 is 0 Å². The number of thiophene rings is 1. The molecule has 0 nitrogen and oxygen atoms in total. The predicted molar refractivity (Wildman–Crippen MR) is 66.5 cm³/mol. The molecule has 2 rings (SSSR count). The Morgan fingerprint density at radius 2 is 1.81 bits per heavy atom. The van der Waals surface area contributed by atoms with Crippen molar-refractivity contribution in [1.29, 1.82) is 0 Å². The van der Waals surface area contributed by atoms with E-state index >= 15 is 0 Å². The lowest BCUT2D eigenvalue weighted by molar-refractivity contribution is 0.580. The SMILES string of the molecule is Fc1cc(F)cc(C(Br)c2sccc2Cl)c1. The lowest BCUT2D eigenvalue weighted by atomic mass is 10.1. The Balaban J connectivity index is 2.41. The van der Waals surface area contributed by atoms with Gasteiger partial charge in [0.2, 0.25) is 0 Å². The van der Waals surface area contributed by atoms with Crippen LogP contribution in [0.25, 0.3) is 0 Å². The zero-order valence-electron chi connectivity index (χ0n) is 7.88. The van der Waals surface area contributed by atoms with Gasteiger partial charge in [-0.15, -0.1) is 11.3 Å². The molecule has 0 radical (unpaired) electrons. The maximum absolute atomic E-state index is 13.0. The van der Waals surface area contributed by atoms with Gasteiger partial charge in [0.1, 0.15) is 11.6 Å². The van der Waals surface area contributed by atoms with E-state index in [2.05, 4.69) is 15.9 Å². The molecule has 0 fully saturated rings. The van der Waals surface area contributed by atoms with Gasteiger partial charge in [0, 0.05) is 10.9 Å². The van der Waals surface area contributed by atoms with Crippen molar-refractivity contribution in [2.45, 2.75) is 4.83 Å². The standard InChI is InChI=1S/C11H6BrClF2S/c12-10(11-9(13)1-2-16-11)6-3-7(14)5-8(15)4-6/h1-5,10H. The van der Waals surface area contributed by atoms with E-state index in [0.29, 0.717) is 10.6 Å². The van der Waals surface area contributed by atoms with Gasteiger partial charge < -0.3 is 0 Å². The summed E-state index contributed by atoms with van der Waals surface area (Å²) in [7, 11) is 0. The Morgan fingerprint density at radius 3 is 2.31 bits per heavy atom. The summed E-state index contributed by atoms with van der Waals surface area (Å²) in [5.41, 5.74) is 0.516. The first-order valence-corrected chi connectivity index (χ1v) is 6.58. The van der Waals surface area contributed by atoms with Crippen molar-refractivity contribution in [3.05, 3.63) is 56.7 Å². The zero-order valence-corrected chi connectivity index (χ0v) is 11.0. The Morgan fingerprint density at radius 1 is 1.19 bits per heavy atom. The molecule has 0 bridgehead atoms. The molecule has 1 atom stereocenters. The molecule has 5 heteroatoms. The summed E-state index contributed by atoms with van der Waals surface area (Å²) in [6.07, 6.45) is 0. The quantitative estimate of drug-likeness (QED) is 0.669. The van der Waals surface area contributed by atoms with Gasteiger partial charge in [0.25, 0.3) is 0 Å². The molecule has 84 valence electrons. The molecule has 0 N–H and O–H groups in total. The van der Waals surface area contributed by atoms with Crippen LogP contribution in [0.2, 0.25) is 5.02 Å².